The van der Waals surface area contributed by atoms with Crippen LogP contribution < -0.4 is 4.90 Å². The van der Waals surface area contributed by atoms with Crippen LogP contribution in [0, 0.1) is 5.41 Å². The van der Waals surface area contributed by atoms with Gasteiger partial charge in [0.1, 0.15) is 0 Å². The van der Waals surface area contributed by atoms with Gasteiger partial charge in [-0.2, -0.15) is 5.10 Å². The summed E-state index contributed by atoms with van der Waals surface area (Å²) in [5, 5.41) is 14.4. The molecule has 2 amide bonds. The molecule has 1 aromatic rings. The lowest BCUT2D eigenvalue weighted by atomic mass is 9.77. The van der Waals surface area contributed by atoms with E-state index < -0.39 is 5.60 Å². The Balaban J connectivity index is 1.42. The van der Waals surface area contributed by atoms with Crippen LogP contribution >= 0.6 is 0 Å². The molecular weight excluding hydrogens is 308 g/mol. The van der Waals surface area contributed by atoms with E-state index in [0.717, 1.165) is 31.4 Å². The maximum Gasteiger partial charge on any atom is 0.227 e. The molecule has 4 rings (SSSR count). The summed E-state index contributed by atoms with van der Waals surface area (Å²) in [5.41, 5.74) is -0.0989. The van der Waals surface area contributed by atoms with Crippen LogP contribution in [0.2, 0.25) is 0 Å². The van der Waals surface area contributed by atoms with Crippen molar-refractivity contribution in [1.82, 2.24) is 14.7 Å². The monoisotopic (exact) mass is 332 g/mol. The number of likely N-dealkylation sites (tertiary alicyclic amines) is 1. The minimum atomic E-state index is -0.778. The molecule has 1 N–H and O–H groups in total. The molecule has 1 aromatic heterocycles. The van der Waals surface area contributed by atoms with Gasteiger partial charge in [-0.15, -0.1) is 0 Å². The second-order valence-electron chi connectivity index (χ2n) is 7.85. The van der Waals surface area contributed by atoms with Crippen molar-refractivity contribution in [2.24, 2.45) is 12.5 Å². The zero-order valence-electron chi connectivity index (χ0n) is 14.1. The Labute approximate surface area is 141 Å². The average molecular weight is 332 g/mol. The van der Waals surface area contributed by atoms with E-state index in [0.29, 0.717) is 26.1 Å². The topological polar surface area (TPSA) is 78.7 Å². The number of anilines is 1. The van der Waals surface area contributed by atoms with E-state index in [4.69, 9.17) is 0 Å². The van der Waals surface area contributed by atoms with Crippen molar-refractivity contribution in [2.45, 2.75) is 44.1 Å². The Morgan fingerprint density at radius 1 is 1.33 bits per heavy atom. The molecule has 3 heterocycles. The molecule has 0 radical (unpaired) electrons. The Morgan fingerprint density at radius 2 is 2.12 bits per heavy atom. The third-order valence-corrected chi connectivity index (χ3v) is 5.88. The number of hydrogen-bond donors (Lipinski definition) is 1. The van der Waals surface area contributed by atoms with Crippen molar-refractivity contribution in [3.8, 4) is 0 Å². The highest BCUT2D eigenvalue weighted by atomic mass is 16.3. The van der Waals surface area contributed by atoms with E-state index in [1.165, 1.54) is 0 Å². The summed E-state index contributed by atoms with van der Waals surface area (Å²) < 4.78 is 1.69. The number of rotatable bonds is 3. The fourth-order valence-corrected chi connectivity index (χ4v) is 4.26. The molecule has 7 heteroatoms. The minimum Gasteiger partial charge on any atom is -0.389 e. The van der Waals surface area contributed by atoms with Crippen LogP contribution in [-0.2, 0) is 16.6 Å². The Morgan fingerprint density at radius 3 is 2.75 bits per heavy atom. The lowest BCUT2D eigenvalue weighted by Crippen LogP contribution is -2.43. The van der Waals surface area contributed by atoms with Gasteiger partial charge in [0.15, 0.2) is 0 Å². The van der Waals surface area contributed by atoms with Crippen molar-refractivity contribution in [1.29, 1.82) is 0 Å². The average Bonchev–Trinajstić information content (AvgIpc) is 3.18. The van der Waals surface area contributed by atoms with Gasteiger partial charge in [-0.05, 0) is 25.7 Å². The van der Waals surface area contributed by atoms with Gasteiger partial charge >= 0.3 is 0 Å². The summed E-state index contributed by atoms with van der Waals surface area (Å²) in [5.74, 6) is 0.135. The number of aryl methyl sites for hydroxylation is 1. The zero-order valence-corrected chi connectivity index (χ0v) is 14.1. The van der Waals surface area contributed by atoms with Crippen LogP contribution in [0.1, 0.15) is 38.5 Å². The zero-order chi connectivity index (χ0) is 16.9. The summed E-state index contributed by atoms with van der Waals surface area (Å²) in [6.45, 7) is 1.94. The van der Waals surface area contributed by atoms with Crippen LogP contribution in [0.15, 0.2) is 12.4 Å². The van der Waals surface area contributed by atoms with E-state index in [9.17, 15) is 14.7 Å². The number of carbonyl (C=O) groups excluding carboxylic acids is 2. The van der Waals surface area contributed by atoms with Crippen LogP contribution in [0.4, 0.5) is 5.69 Å². The molecule has 2 aliphatic heterocycles. The Kier molecular flexibility index (Phi) is 3.46. The summed E-state index contributed by atoms with van der Waals surface area (Å²) in [7, 11) is 1.83. The largest absolute Gasteiger partial charge is 0.389 e. The van der Waals surface area contributed by atoms with Crippen LogP contribution in [0.25, 0.3) is 0 Å². The molecule has 2 saturated heterocycles. The van der Waals surface area contributed by atoms with E-state index in [1.807, 2.05) is 18.1 Å². The molecule has 24 heavy (non-hydrogen) atoms. The second kappa shape index (κ2) is 5.31. The normalized spacial score (nSPS) is 28.7. The first-order chi connectivity index (χ1) is 11.4. The first-order valence-corrected chi connectivity index (χ1v) is 8.67. The van der Waals surface area contributed by atoms with Crippen LogP contribution in [-0.4, -0.2) is 56.8 Å². The van der Waals surface area contributed by atoms with Gasteiger partial charge in [0.25, 0.3) is 0 Å². The lowest BCUT2D eigenvalue weighted by Gasteiger charge is -2.37. The maximum absolute atomic E-state index is 12.5. The van der Waals surface area contributed by atoms with Crippen LogP contribution in [0.5, 0.6) is 0 Å². The highest BCUT2D eigenvalue weighted by molar-refractivity contribution is 5.96. The van der Waals surface area contributed by atoms with E-state index in [1.54, 1.807) is 15.8 Å². The third kappa shape index (κ3) is 2.60. The smallest absolute Gasteiger partial charge is 0.227 e. The summed E-state index contributed by atoms with van der Waals surface area (Å²) in [4.78, 5) is 28.6. The molecule has 0 aromatic carbocycles. The molecule has 130 valence electrons. The maximum atomic E-state index is 12.5. The minimum absolute atomic E-state index is 0.0290. The van der Waals surface area contributed by atoms with Crippen molar-refractivity contribution < 1.29 is 14.7 Å². The van der Waals surface area contributed by atoms with Gasteiger partial charge in [-0.1, -0.05) is 0 Å². The molecule has 1 unspecified atom stereocenters. The SMILES string of the molecule is Cn1cc(N2CC3(CCN(C(=O)CC4(O)CCC4)C3)CC2=O)cn1. The third-order valence-electron chi connectivity index (χ3n) is 5.88. The molecule has 3 fully saturated rings. The lowest BCUT2D eigenvalue weighted by molar-refractivity contribution is -0.139. The molecule has 1 atom stereocenters. The van der Waals surface area contributed by atoms with E-state index >= 15 is 0 Å². The summed E-state index contributed by atoms with van der Waals surface area (Å²) in [6.07, 6.45) is 7.57. The molecule has 0 bridgehead atoms. The molecule has 1 aliphatic carbocycles. The van der Waals surface area contributed by atoms with Crippen molar-refractivity contribution in [3.63, 3.8) is 0 Å². The van der Waals surface area contributed by atoms with Crippen LogP contribution in [0.3, 0.4) is 0 Å². The fraction of sp³-hybridized carbons (Fsp3) is 0.706. The van der Waals surface area contributed by atoms with E-state index in [2.05, 4.69) is 5.10 Å². The first-order valence-electron chi connectivity index (χ1n) is 8.67. The Hall–Kier alpha value is -1.89. The fourth-order valence-electron chi connectivity index (χ4n) is 4.26. The Bertz CT molecular complexity index is 681. The van der Waals surface area contributed by atoms with Crippen molar-refractivity contribution >= 4 is 17.5 Å². The first kappa shape index (κ1) is 15.6. The summed E-state index contributed by atoms with van der Waals surface area (Å²) in [6, 6.07) is 0. The van der Waals surface area contributed by atoms with Gasteiger partial charge in [-0.25, -0.2) is 0 Å². The molecule has 3 aliphatic rings. The van der Waals surface area contributed by atoms with Gasteiger partial charge < -0.3 is 14.9 Å². The summed E-state index contributed by atoms with van der Waals surface area (Å²) >= 11 is 0. The molecule has 1 saturated carbocycles. The predicted octanol–water partition coefficient (Wildman–Crippen LogP) is 0.681. The standard InChI is InChI=1S/C17H24N4O3/c1-19-10-13(9-18-19)21-12-16(7-15(21)23)5-6-20(11-16)14(22)8-17(24)3-2-4-17/h9-10,24H,2-8,11-12H2,1H3. The molecule has 7 nitrogen and oxygen atoms in total. The highest BCUT2D eigenvalue weighted by Crippen LogP contribution is 2.43. The highest BCUT2D eigenvalue weighted by Gasteiger charge is 2.49. The predicted molar refractivity (Wildman–Crippen MR) is 87.2 cm³/mol. The van der Waals surface area contributed by atoms with Gasteiger partial charge in [0, 0.05) is 44.7 Å². The quantitative estimate of drug-likeness (QED) is 0.883. The van der Waals surface area contributed by atoms with Crippen molar-refractivity contribution in [3.05, 3.63) is 12.4 Å². The number of hydrogen-bond acceptors (Lipinski definition) is 4. The number of aliphatic hydroxyl groups is 1. The van der Waals surface area contributed by atoms with Crippen molar-refractivity contribution in [2.75, 3.05) is 24.5 Å². The number of amides is 2. The second-order valence-corrected chi connectivity index (χ2v) is 7.85. The number of aromatic nitrogens is 2. The molecular formula is C17H24N4O3. The number of nitrogens with zero attached hydrogens (tertiary/aromatic N) is 4. The van der Waals surface area contributed by atoms with Gasteiger partial charge in [0.2, 0.25) is 11.8 Å². The van der Waals surface area contributed by atoms with E-state index in [-0.39, 0.29) is 23.7 Å². The van der Waals surface area contributed by atoms with Gasteiger partial charge in [0.05, 0.1) is 23.9 Å². The van der Waals surface area contributed by atoms with Gasteiger partial charge in [-0.3, -0.25) is 14.3 Å². The molecule has 1 spiro atoms. The number of carbonyl (C=O) groups is 2.